The lowest BCUT2D eigenvalue weighted by atomic mass is 10.5. The first kappa shape index (κ1) is 12.2. The van der Waals surface area contributed by atoms with Crippen molar-refractivity contribution in [2.45, 2.75) is 20.0 Å². The fraction of sp³-hybridized carbons (Fsp3) is 0.364. The van der Waals surface area contributed by atoms with Crippen molar-refractivity contribution >= 4 is 11.9 Å². The highest BCUT2D eigenvalue weighted by Gasteiger charge is 2.06. The van der Waals surface area contributed by atoms with Crippen LogP contribution in [0.25, 0.3) is 0 Å². The van der Waals surface area contributed by atoms with Gasteiger partial charge in [0.05, 0.1) is 6.33 Å². The molecule has 0 aliphatic rings. The first-order valence-electron chi connectivity index (χ1n) is 5.70. The Morgan fingerprint density at radius 2 is 2.33 bits per heavy atom. The summed E-state index contributed by atoms with van der Waals surface area (Å²) in [7, 11) is 0. The minimum absolute atomic E-state index is 0.0602. The van der Waals surface area contributed by atoms with Gasteiger partial charge in [0.15, 0.2) is 5.69 Å². The number of hydrogen-bond donors (Lipinski definition) is 2. The third-order valence-electron chi connectivity index (χ3n) is 2.56. The molecule has 2 rings (SSSR count). The number of nitrogens with zero attached hydrogens (tertiary/aromatic N) is 4. The largest absolute Gasteiger partial charge is 0.476 e. The highest BCUT2D eigenvalue weighted by Crippen LogP contribution is 2.03. The SMILES string of the molecule is CCn1ccnc1NCCn1cnc(C(=O)O)c1. The Morgan fingerprint density at radius 1 is 1.50 bits per heavy atom. The van der Waals surface area contributed by atoms with Crippen molar-refractivity contribution in [2.75, 3.05) is 11.9 Å². The standard InChI is InChI=1S/C11H15N5O2/c1-2-16-6-4-13-11(16)12-3-5-15-7-9(10(17)18)14-8-15/h4,6-8H,2-3,5H2,1H3,(H,12,13)(H,17,18). The molecule has 0 fully saturated rings. The normalized spacial score (nSPS) is 10.5. The van der Waals surface area contributed by atoms with Gasteiger partial charge in [-0.2, -0.15) is 0 Å². The van der Waals surface area contributed by atoms with Crippen molar-refractivity contribution in [1.29, 1.82) is 0 Å². The highest BCUT2D eigenvalue weighted by atomic mass is 16.4. The number of aromatic carboxylic acids is 1. The number of carboxylic acids is 1. The topological polar surface area (TPSA) is 85.0 Å². The molecule has 0 atom stereocenters. The zero-order valence-corrected chi connectivity index (χ0v) is 10.1. The van der Waals surface area contributed by atoms with Crippen LogP contribution in [0, 0.1) is 0 Å². The van der Waals surface area contributed by atoms with Gasteiger partial charge in [-0.1, -0.05) is 0 Å². The van der Waals surface area contributed by atoms with Gasteiger partial charge in [-0.05, 0) is 6.92 Å². The Kier molecular flexibility index (Phi) is 3.61. The zero-order chi connectivity index (χ0) is 13.0. The second-order valence-corrected chi connectivity index (χ2v) is 3.77. The number of hydrogen-bond acceptors (Lipinski definition) is 4. The fourth-order valence-electron chi connectivity index (χ4n) is 1.62. The lowest BCUT2D eigenvalue weighted by molar-refractivity contribution is 0.0691. The predicted molar refractivity (Wildman–Crippen MR) is 65.6 cm³/mol. The molecule has 2 aromatic rings. The maximum atomic E-state index is 10.7. The lowest BCUT2D eigenvalue weighted by Gasteiger charge is -2.07. The van der Waals surface area contributed by atoms with E-state index in [9.17, 15) is 4.79 Å². The number of aromatic nitrogens is 4. The van der Waals surface area contributed by atoms with Gasteiger partial charge in [0.25, 0.3) is 0 Å². The number of nitrogens with one attached hydrogen (secondary N) is 1. The van der Waals surface area contributed by atoms with E-state index >= 15 is 0 Å². The van der Waals surface area contributed by atoms with E-state index in [4.69, 9.17) is 5.11 Å². The summed E-state index contributed by atoms with van der Waals surface area (Å²) in [5.41, 5.74) is 0.0602. The van der Waals surface area contributed by atoms with E-state index in [0.717, 1.165) is 12.5 Å². The summed E-state index contributed by atoms with van der Waals surface area (Å²) in [5, 5.41) is 11.9. The summed E-state index contributed by atoms with van der Waals surface area (Å²) in [6.45, 7) is 4.20. The van der Waals surface area contributed by atoms with Crippen molar-refractivity contribution in [3.63, 3.8) is 0 Å². The molecule has 2 heterocycles. The van der Waals surface area contributed by atoms with Crippen LogP contribution in [0.2, 0.25) is 0 Å². The molecule has 2 N–H and O–H groups in total. The zero-order valence-electron chi connectivity index (χ0n) is 10.1. The van der Waals surface area contributed by atoms with E-state index in [1.807, 2.05) is 17.7 Å². The van der Waals surface area contributed by atoms with Crippen LogP contribution in [-0.4, -0.2) is 36.7 Å². The number of carboxylic acid groups (broad SMARTS) is 1. The molecule has 0 radical (unpaired) electrons. The molecule has 0 aromatic carbocycles. The van der Waals surface area contributed by atoms with Crippen LogP contribution in [-0.2, 0) is 13.1 Å². The van der Waals surface area contributed by atoms with Gasteiger partial charge < -0.3 is 19.6 Å². The van der Waals surface area contributed by atoms with Crippen molar-refractivity contribution in [3.05, 3.63) is 30.6 Å². The number of aryl methyl sites for hydroxylation is 1. The molecule has 0 bridgehead atoms. The molecular weight excluding hydrogens is 234 g/mol. The average Bonchev–Trinajstić information content (AvgIpc) is 2.97. The minimum Gasteiger partial charge on any atom is -0.476 e. The summed E-state index contributed by atoms with van der Waals surface area (Å²) < 4.78 is 3.73. The van der Waals surface area contributed by atoms with Gasteiger partial charge in [-0.15, -0.1) is 0 Å². The van der Waals surface area contributed by atoms with E-state index in [-0.39, 0.29) is 5.69 Å². The molecule has 7 nitrogen and oxygen atoms in total. The van der Waals surface area contributed by atoms with Gasteiger partial charge in [0.2, 0.25) is 5.95 Å². The molecule has 96 valence electrons. The molecule has 18 heavy (non-hydrogen) atoms. The Bertz CT molecular complexity index is 531. The third kappa shape index (κ3) is 2.68. The maximum absolute atomic E-state index is 10.7. The van der Waals surface area contributed by atoms with Crippen LogP contribution < -0.4 is 5.32 Å². The predicted octanol–water partition coefficient (Wildman–Crippen LogP) is 0.910. The van der Waals surface area contributed by atoms with Crippen LogP contribution >= 0.6 is 0 Å². The molecule has 0 aliphatic heterocycles. The fourth-order valence-corrected chi connectivity index (χ4v) is 1.62. The number of rotatable bonds is 6. The molecule has 0 unspecified atom stereocenters. The number of imidazole rings is 2. The lowest BCUT2D eigenvalue weighted by Crippen LogP contribution is -2.12. The second-order valence-electron chi connectivity index (χ2n) is 3.77. The van der Waals surface area contributed by atoms with Crippen LogP contribution in [0.15, 0.2) is 24.9 Å². The molecule has 2 aromatic heterocycles. The van der Waals surface area contributed by atoms with Gasteiger partial charge in [-0.25, -0.2) is 14.8 Å². The average molecular weight is 249 g/mol. The summed E-state index contributed by atoms with van der Waals surface area (Å²) in [6.07, 6.45) is 6.67. The Balaban J connectivity index is 1.86. The molecule has 0 amide bonds. The summed E-state index contributed by atoms with van der Waals surface area (Å²) >= 11 is 0. The molecule has 0 saturated carbocycles. The number of carbonyl (C=O) groups is 1. The summed E-state index contributed by atoms with van der Waals surface area (Å²) in [4.78, 5) is 18.6. The van der Waals surface area contributed by atoms with Crippen molar-refractivity contribution in [1.82, 2.24) is 19.1 Å². The van der Waals surface area contributed by atoms with Crippen LogP contribution in [0.3, 0.4) is 0 Å². The molecule has 7 heteroatoms. The molecule has 0 saturated heterocycles. The van der Waals surface area contributed by atoms with Gasteiger partial charge in [0.1, 0.15) is 0 Å². The van der Waals surface area contributed by atoms with E-state index in [2.05, 4.69) is 15.3 Å². The highest BCUT2D eigenvalue weighted by molar-refractivity contribution is 5.84. The summed E-state index contributed by atoms with van der Waals surface area (Å²) in [6, 6.07) is 0. The molecular formula is C11H15N5O2. The Hall–Kier alpha value is -2.31. The molecule has 0 spiro atoms. The van der Waals surface area contributed by atoms with Gasteiger partial charge >= 0.3 is 5.97 Å². The second kappa shape index (κ2) is 5.35. The van der Waals surface area contributed by atoms with Crippen LogP contribution in [0.1, 0.15) is 17.4 Å². The quantitative estimate of drug-likeness (QED) is 0.794. The first-order chi connectivity index (χ1) is 8.70. The van der Waals surface area contributed by atoms with Crippen molar-refractivity contribution < 1.29 is 9.90 Å². The monoisotopic (exact) mass is 249 g/mol. The van der Waals surface area contributed by atoms with Crippen LogP contribution in [0.4, 0.5) is 5.95 Å². The van der Waals surface area contributed by atoms with E-state index in [0.29, 0.717) is 13.1 Å². The van der Waals surface area contributed by atoms with Crippen molar-refractivity contribution in [2.24, 2.45) is 0 Å². The van der Waals surface area contributed by atoms with Gasteiger partial charge in [-0.3, -0.25) is 0 Å². The Labute approximate surface area is 104 Å². The number of anilines is 1. The van der Waals surface area contributed by atoms with E-state index in [1.54, 1.807) is 10.8 Å². The van der Waals surface area contributed by atoms with Crippen LogP contribution in [0.5, 0.6) is 0 Å². The minimum atomic E-state index is -1.01. The maximum Gasteiger partial charge on any atom is 0.356 e. The smallest absolute Gasteiger partial charge is 0.356 e. The third-order valence-corrected chi connectivity index (χ3v) is 2.56. The van der Waals surface area contributed by atoms with Gasteiger partial charge in [0, 0.05) is 38.2 Å². The van der Waals surface area contributed by atoms with Crippen molar-refractivity contribution in [3.8, 4) is 0 Å². The summed E-state index contributed by atoms with van der Waals surface area (Å²) in [5.74, 6) is -0.195. The van der Waals surface area contributed by atoms with E-state index in [1.165, 1.54) is 12.5 Å². The Morgan fingerprint density at radius 3 is 3.00 bits per heavy atom. The van der Waals surface area contributed by atoms with E-state index < -0.39 is 5.97 Å². The molecule has 0 aliphatic carbocycles. The first-order valence-corrected chi connectivity index (χ1v) is 5.70.